The van der Waals surface area contributed by atoms with Gasteiger partial charge in [-0.15, -0.1) is 12.6 Å². The molecule has 0 aliphatic carbocycles. The van der Waals surface area contributed by atoms with Gasteiger partial charge >= 0.3 is 0 Å². The molecule has 0 spiro atoms. The van der Waals surface area contributed by atoms with Crippen molar-refractivity contribution < 1.29 is 4.79 Å². The summed E-state index contributed by atoms with van der Waals surface area (Å²) in [7, 11) is 0. The first kappa shape index (κ1) is 15.4. The molecule has 0 fully saturated rings. The molecule has 1 amide bonds. The highest BCUT2D eigenvalue weighted by atomic mass is 35.5. The lowest BCUT2D eigenvalue weighted by Gasteiger charge is -2.08. The van der Waals surface area contributed by atoms with Crippen molar-refractivity contribution >= 4 is 30.1 Å². The van der Waals surface area contributed by atoms with Crippen molar-refractivity contribution in [1.29, 1.82) is 0 Å². The van der Waals surface area contributed by atoms with Crippen LogP contribution in [0, 0.1) is 5.92 Å². The summed E-state index contributed by atoms with van der Waals surface area (Å²) in [6.07, 6.45) is 3.34. The molecule has 100 valence electrons. The van der Waals surface area contributed by atoms with Crippen LogP contribution in [0.2, 0.25) is 5.02 Å². The maximum absolute atomic E-state index is 11.9. The van der Waals surface area contributed by atoms with E-state index in [0.717, 1.165) is 23.7 Å². The molecule has 0 aliphatic heterocycles. The fourth-order valence-corrected chi connectivity index (χ4v) is 2.07. The van der Waals surface area contributed by atoms with Crippen LogP contribution < -0.4 is 5.32 Å². The Morgan fingerprint density at radius 2 is 2.11 bits per heavy atom. The van der Waals surface area contributed by atoms with E-state index in [-0.39, 0.29) is 5.91 Å². The minimum absolute atomic E-state index is 0.125. The fraction of sp³-hybridized carbons (Fsp3) is 0.500. The lowest BCUT2D eigenvalue weighted by atomic mass is 10.1. The van der Waals surface area contributed by atoms with Gasteiger partial charge in [-0.25, -0.2) is 0 Å². The first-order chi connectivity index (χ1) is 8.50. The summed E-state index contributed by atoms with van der Waals surface area (Å²) >= 11 is 10.2. The Kier molecular flexibility index (Phi) is 6.58. The molecule has 1 aromatic rings. The van der Waals surface area contributed by atoms with Crippen molar-refractivity contribution in [2.75, 3.05) is 6.54 Å². The largest absolute Gasteiger partial charge is 0.352 e. The Morgan fingerprint density at radius 1 is 1.39 bits per heavy atom. The highest BCUT2D eigenvalue weighted by Crippen LogP contribution is 2.19. The van der Waals surface area contributed by atoms with Crippen LogP contribution in [0.15, 0.2) is 23.1 Å². The maximum atomic E-state index is 11.9. The monoisotopic (exact) mass is 285 g/mol. The summed E-state index contributed by atoms with van der Waals surface area (Å²) in [6, 6.07) is 5.15. The number of carbonyl (C=O) groups excluding carboxylic acids is 1. The van der Waals surface area contributed by atoms with E-state index in [1.807, 2.05) is 0 Å². The Bertz CT molecular complexity index is 407. The van der Waals surface area contributed by atoms with Crippen molar-refractivity contribution in [3.63, 3.8) is 0 Å². The molecule has 18 heavy (non-hydrogen) atoms. The number of halogens is 1. The van der Waals surface area contributed by atoms with Crippen LogP contribution >= 0.6 is 24.2 Å². The number of carbonyl (C=O) groups is 1. The number of rotatable bonds is 6. The number of amides is 1. The van der Waals surface area contributed by atoms with E-state index < -0.39 is 0 Å². The molecular weight excluding hydrogens is 266 g/mol. The molecule has 0 bridgehead atoms. The Morgan fingerprint density at radius 3 is 2.78 bits per heavy atom. The van der Waals surface area contributed by atoms with E-state index in [2.05, 4.69) is 31.8 Å². The summed E-state index contributed by atoms with van der Waals surface area (Å²) in [5.41, 5.74) is 0.494. The van der Waals surface area contributed by atoms with E-state index in [9.17, 15) is 4.79 Å². The first-order valence-corrected chi connectivity index (χ1v) is 7.10. The van der Waals surface area contributed by atoms with Crippen molar-refractivity contribution in [3.8, 4) is 0 Å². The molecule has 0 unspecified atom stereocenters. The third kappa shape index (κ3) is 5.32. The van der Waals surface area contributed by atoms with Gasteiger partial charge in [-0.2, -0.15) is 0 Å². The smallest absolute Gasteiger partial charge is 0.252 e. The lowest BCUT2D eigenvalue weighted by molar-refractivity contribution is 0.0953. The Hall–Kier alpha value is -0.670. The van der Waals surface area contributed by atoms with E-state index in [0.29, 0.717) is 17.1 Å². The van der Waals surface area contributed by atoms with Gasteiger partial charge in [0.2, 0.25) is 0 Å². The average Bonchev–Trinajstić information content (AvgIpc) is 2.31. The SMILES string of the molecule is CC(C)CCCCNC(=O)c1cc(S)ccc1Cl. The standard InChI is InChI=1S/C14H20ClNOS/c1-10(2)5-3-4-8-16-14(17)12-9-11(18)6-7-13(12)15/h6-7,9-10,18H,3-5,8H2,1-2H3,(H,16,17). The number of thiol groups is 1. The summed E-state index contributed by atoms with van der Waals surface area (Å²) in [5, 5.41) is 3.35. The van der Waals surface area contributed by atoms with Gasteiger partial charge in [0.1, 0.15) is 0 Å². The topological polar surface area (TPSA) is 29.1 Å². The van der Waals surface area contributed by atoms with Gasteiger partial charge in [-0.05, 0) is 30.5 Å². The van der Waals surface area contributed by atoms with Gasteiger partial charge in [0.25, 0.3) is 5.91 Å². The van der Waals surface area contributed by atoms with Crippen LogP contribution in [0.4, 0.5) is 0 Å². The zero-order chi connectivity index (χ0) is 13.5. The zero-order valence-corrected chi connectivity index (χ0v) is 12.5. The molecule has 4 heteroatoms. The van der Waals surface area contributed by atoms with Crippen LogP contribution in [0.1, 0.15) is 43.5 Å². The van der Waals surface area contributed by atoms with Gasteiger partial charge in [-0.3, -0.25) is 4.79 Å². The maximum Gasteiger partial charge on any atom is 0.252 e. The number of hydrogen-bond acceptors (Lipinski definition) is 2. The summed E-state index contributed by atoms with van der Waals surface area (Å²) < 4.78 is 0. The van der Waals surface area contributed by atoms with Crippen LogP contribution in [0.3, 0.4) is 0 Å². The van der Waals surface area contributed by atoms with Gasteiger partial charge in [0, 0.05) is 11.4 Å². The Balaban J connectivity index is 2.39. The minimum Gasteiger partial charge on any atom is -0.352 e. The molecule has 0 radical (unpaired) electrons. The molecule has 0 saturated heterocycles. The van der Waals surface area contributed by atoms with Gasteiger partial charge in [0.15, 0.2) is 0 Å². The normalized spacial score (nSPS) is 10.7. The van der Waals surface area contributed by atoms with E-state index in [1.54, 1.807) is 18.2 Å². The number of unbranched alkanes of at least 4 members (excludes halogenated alkanes) is 1. The van der Waals surface area contributed by atoms with Crippen molar-refractivity contribution in [2.24, 2.45) is 5.92 Å². The Labute approximate surface area is 120 Å². The molecule has 0 saturated carbocycles. The zero-order valence-electron chi connectivity index (χ0n) is 10.9. The third-order valence-corrected chi connectivity index (χ3v) is 3.30. The van der Waals surface area contributed by atoms with Crippen LogP contribution in [0.25, 0.3) is 0 Å². The second-order valence-electron chi connectivity index (χ2n) is 4.81. The molecule has 1 rings (SSSR count). The fourth-order valence-electron chi connectivity index (χ4n) is 1.66. The minimum atomic E-state index is -0.125. The van der Waals surface area contributed by atoms with E-state index in [4.69, 9.17) is 11.6 Å². The summed E-state index contributed by atoms with van der Waals surface area (Å²) in [5.74, 6) is 0.594. The van der Waals surface area contributed by atoms with Gasteiger partial charge < -0.3 is 5.32 Å². The van der Waals surface area contributed by atoms with E-state index in [1.165, 1.54) is 6.42 Å². The van der Waals surface area contributed by atoms with Gasteiger partial charge in [-0.1, -0.05) is 38.3 Å². The molecule has 0 heterocycles. The van der Waals surface area contributed by atoms with Crippen LogP contribution in [-0.2, 0) is 0 Å². The molecule has 0 atom stereocenters. The van der Waals surface area contributed by atoms with Crippen molar-refractivity contribution in [2.45, 2.75) is 38.0 Å². The molecule has 2 nitrogen and oxygen atoms in total. The first-order valence-electron chi connectivity index (χ1n) is 6.27. The summed E-state index contributed by atoms with van der Waals surface area (Å²) in [4.78, 5) is 12.6. The second kappa shape index (κ2) is 7.70. The number of nitrogens with one attached hydrogen (secondary N) is 1. The molecular formula is C14H20ClNOS. The van der Waals surface area contributed by atoms with E-state index >= 15 is 0 Å². The number of hydrogen-bond donors (Lipinski definition) is 2. The quantitative estimate of drug-likeness (QED) is 0.596. The molecule has 1 aromatic carbocycles. The predicted molar refractivity (Wildman–Crippen MR) is 79.7 cm³/mol. The van der Waals surface area contributed by atoms with Crippen LogP contribution in [-0.4, -0.2) is 12.5 Å². The third-order valence-electron chi connectivity index (χ3n) is 2.69. The van der Waals surface area contributed by atoms with Crippen molar-refractivity contribution in [1.82, 2.24) is 5.32 Å². The lowest BCUT2D eigenvalue weighted by Crippen LogP contribution is -2.24. The molecule has 1 N–H and O–H groups in total. The average molecular weight is 286 g/mol. The highest BCUT2D eigenvalue weighted by molar-refractivity contribution is 7.80. The molecule has 0 aromatic heterocycles. The highest BCUT2D eigenvalue weighted by Gasteiger charge is 2.09. The number of benzene rings is 1. The van der Waals surface area contributed by atoms with Crippen molar-refractivity contribution in [3.05, 3.63) is 28.8 Å². The summed E-state index contributed by atoms with van der Waals surface area (Å²) in [6.45, 7) is 5.10. The van der Waals surface area contributed by atoms with Gasteiger partial charge in [0.05, 0.1) is 10.6 Å². The molecule has 0 aliphatic rings. The van der Waals surface area contributed by atoms with Crippen LogP contribution in [0.5, 0.6) is 0 Å². The predicted octanol–water partition coefficient (Wildman–Crippen LogP) is 4.18. The second-order valence-corrected chi connectivity index (χ2v) is 5.73.